The van der Waals surface area contributed by atoms with Gasteiger partial charge in [0, 0.05) is 29.6 Å². The molecule has 4 nitrogen and oxygen atoms in total. The van der Waals surface area contributed by atoms with E-state index in [1.807, 2.05) is 30.3 Å². The highest BCUT2D eigenvalue weighted by molar-refractivity contribution is 6.30. The van der Waals surface area contributed by atoms with Crippen LogP contribution in [-0.4, -0.2) is 28.8 Å². The van der Waals surface area contributed by atoms with Gasteiger partial charge in [-0.15, -0.1) is 0 Å². The third-order valence-corrected chi connectivity index (χ3v) is 7.04. The molecule has 1 atom stereocenters. The standard InChI is InChI=1S/C30H32ClFN2O2/c31-25-17-15-23(16-18-25)20-29(35)34(21-24-11-7-8-14-27(24)32)28(19-22-9-3-1-4-10-22)30(36)33-26-12-5-2-6-13-26/h1,3-4,7-11,14-18,26,28H,2,5-6,12-13,19-21H2,(H,33,36). The van der Waals surface area contributed by atoms with Crippen molar-refractivity contribution in [3.63, 3.8) is 0 Å². The topological polar surface area (TPSA) is 49.4 Å². The summed E-state index contributed by atoms with van der Waals surface area (Å²) in [6, 6.07) is 22.5. The SMILES string of the molecule is O=C(NC1CCCCC1)C(Cc1ccccc1)N(Cc1ccccc1F)C(=O)Cc1ccc(Cl)cc1. The van der Waals surface area contributed by atoms with E-state index in [1.54, 1.807) is 42.5 Å². The lowest BCUT2D eigenvalue weighted by Crippen LogP contribution is -2.53. The molecule has 1 N–H and O–H groups in total. The summed E-state index contributed by atoms with van der Waals surface area (Å²) < 4.78 is 14.7. The lowest BCUT2D eigenvalue weighted by Gasteiger charge is -2.33. The van der Waals surface area contributed by atoms with Crippen molar-refractivity contribution < 1.29 is 14.0 Å². The highest BCUT2D eigenvalue weighted by Gasteiger charge is 2.32. The van der Waals surface area contributed by atoms with Crippen molar-refractivity contribution in [1.29, 1.82) is 0 Å². The van der Waals surface area contributed by atoms with E-state index in [0.29, 0.717) is 17.0 Å². The molecule has 0 bridgehead atoms. The molecule has 0 aliphatic heterocycles. The quantitative estimate of drug-likeness (QED) is 0.380. The van der Waals surface area contributed by atoms with Gasteiger partial charge in [-0.3, -0.25) is 9.59 Å². The number of carbonyl (C=O) groups is 2. The van der Waals surface area contributed by atoms with Gasteiger partial charge in [0.15, 0.2) is 0 Å². The van der Waals surface area contributed by atoms with E-state index in [9.17, 15) is 14.0 Å². The second kappa shape index (κ2) is 12.7. The van der Waals surface area contributed by atoms with Crippen molar-refractivity contribution in [2.45, 2.75) is 63.6 Å². The summed E-state index contributed by atoms with van der Waals surface area (Å²) in [5, 5.41) is 3.79. The highest BCUT2D eigenvalue weighted by Crippen LogP contribution is 2.21. The molecule has 1 aliphatic rings. The fraction of sp³-hybridized carbons (Fsp3) is 0.333. The van der Waals surface area contributed by atoms with Gasteiger partial charge in [-0.2, -0.15) is 0 Å². The van der Waals surface area contributed by atoms with Gasteiger partial charge in [0.1, 0.15) is 11.9 Å². The van der Waals surface area contributed by atoms with Crippen LogP contribution < -0.4 is 5.32 Å². The van der Waals surface area contributed by atoms with Crippen molar-refractivity contribution in [1.82, 2.24) is 10.2 Å². The monoisotopic (exact) mass is 506 g/mol. The smallest absolute Gasteiger partial charge is 0.243 e. The molecule has 4 rings (SSSR count). The van der Waals surface area contributed by atoms with Crippen LogP contribution in [0.1, 0.15) is 48.8 Å². The lowest BCUT2D eigenvalue weighted by atomic mass is 9.94. The zero-order valence-corrected chi connectivity index (χ0v) is 21.1. The first kappa shape index (κ1) is 25.9. The molecule has 6 heteroatoms. The zero-order valence-electron chi connectivity index (χ0n) is 20.3. The number of hydrogen-bond donors (Lipinski definition) is 1. The molecular weight excluding hydrogens is 475 g/mol. The predicted molar refractivity (Wildman–Crippen MR) is 141 cm³/mol. The van der Waals surface area contributed by atoms with Crippen molar-refractivity contribution in [3.8, 4) is 0 Å². The molecular formula is C30H32ClFN2O2. The molecule has 1 fully saturated rings. The van der Waals surface area contributed by atoms with Crippen molar-refractivity contribution in [2.24, 2.45) is 0 Å². The molecule has 1 aliphatic carbocycles. The first-order valence-electron chi connectivity index (χ1n) is 12.6. The van der Waals surface area contributed by atoms with Crippen LogP contribution in [0.4, 0.5) is 4.39 Å². The molecule has 0 saturated heterocycles. The third-order valence-electron chi connectivity index (χ3n) is 6.79. The summed E-state index contributed by atoms with van der Waals surface area (Å²) in [7, 11) is 0. The Hall–Kier alpha value is -3.18. The number of hydrogen-bond acceptors (Lipinski definition) is 2. The van der Waals surface area contributed by atoms with Crippen LogP contribution >= 0.6 is 11.6 Å². The molecule has 0 spiro atoms. The van der Waals surface area contributed by atoms with Crippen LogP contribution in [-0.2, 0) is 29.0 Å². The Kier molecular flexibility index (Phi) is 9.12. The number of carbonyl (C=O) groups excluding carboxylic acids is 2. The molecule has 188 valence electrons. The Balaban J connectivity index is 1.65. The molecule has 2 amide bonds. The average Bonchev–Trinajstić information content (AvgIpc) is 2.89. The molecule has 3 aromatic carbocycles. The minimum atomic E-state index is -0.770. The van der Waals surface area contributed by atoms with E-state index in [1.165, 1.54) is 17.4 Å². The van der Waals surface area contributed by atoms with Crippen molar-refractivity contribution in [3.05, 3.63) is 106 Å². The summed E-state index contributed by atoms with van der Waals surface area (Å²) in [4.78, 5) is 29.0. The zero-order chi connectivity index (χ0) is 25.3. The summed E-state index contributed by atoms with van der Waals surface area (Å²) in [6.07, 6.45) is 5.67. The van der Waals surface area contributed by atoms with Crippen molar-refractivity contribution in [2.75, 3.05) is 0 Å². The predicted octanol–water partition coefficient (Wildman–Crippen LogP) is 6.11. The second-order valence-corrected chi connectivity index (χ2v) is 9.90. The summed E-state index contributed by atoms with van der Waals surface area (Å²) in [5.74, 6) is -0.820. The van der Waals surface area contributed by atoms with E-state index in [4.69, 9.17) is 11.6 Å². The Morgan fingerprint density at radius 1 is 0.889 bits per heavy atom. The third kappa shape index (κ3) is 7.17. The summed E-state index contributed by atoms with van der Waals surface area (Å²) in [6.45, 7) is 0.00861. The molecule has 1 unspecified atom stereocenters. The molecule has 0 heterocycles. The number of halogens is 2. The van der Waals surface area contributed by atoms with E-state index in [0.717, 1.165) is 36.8 Å². The fourth-order valence-electron chi connectivity index (χ4n) is 4.79. The number of benzene rings is 3. The van der Waals surface area contributed by atoms with E-state index in [-0.39, 0.29) is 30.8 Å². The minimum absolute atomic E-state index is 0.00861. The number of amides is 2. The minimum Gasteiger partial charge on any atom is -0.352 e. The number of rotatable bonds is 9. The molecule has 0 aromatic heterocycles. The van der Waals surface area contributed by atoms with E-state index < -0.39 is 11.9 Å². The first-order chi connectivity index (χ1) is 17.5. The van der Waals surface area contributed by atoms with Crippen LogP contribution in [0.5, 0.6) is 0 Å². The van der Waals surface area contributed by atoms with Gasteiger partial charge in [-0.1, -0.05) is 91.5 Å². The molecule has 0 radical (unpaired) electrons. The number of nitrogens with one attached hydrogen (secondary N) is 1. The fourth-order valence-corrected chi connectivity index (χ4v) is 4.91. The van der Waals surface area contributed by atoms with Crippen LogP contribution in [0.3, 0.4) is 0 Å². The number of nitrogens with zero attached hydrogens (tertiary/aromatic N) is 1. The van der Waals surface area contributed by atoms with Crippen LogP contribution in [0, 0.1) is 5.82 Å². The van der Waals surface area contributed by atoms with Crippen LogP contribution in [0.2, 0.25) is 5.02 Å². The van der Waals surface area contributed by atoms with Gasteiger partial charge in [0.2, 0.25) is 11.8 Å². The Morgan fingerprint density at radius 2 is 1.56 bits per heavy atom. The van der Waals surface area contributed by atoms with Crippen molar-refractivity contribution >= 4 is 23.4 Å². The normalized spacial score (nSPS) is 14.7. The van der Waals surface area contributed by atoms with Gasteiger partial charge >= 0.3 is 0 Å². The Bertz CT molecular complexity index is 1150. The first-order valence-corrected chi connectivity index (χ1v) is 13.0. The summed E-state index contributed by atoms with van der Waals surface area (Å²) >= 11 is 6.02. The Morgan fingerprint density at radius 3 is 2.25 bits per heavy atom. The van der Waals surface area contributed by atoms with Gasteiger partial charge in [-0.05, 0) is 42.2 Å². The Labute approximate surface area is 217 Å². The summed E-state index contributed by atoms with van der Waals surface area (Å²) in [5.41, 5.74) is 2.11. The van der Waals surface area contributed by atoms with Crippen LogP contribution in [0.15, 0.2) is 78.9 Å². The van der Waals surface area contributed by atoms with Gasteiger partial charge in [-0.25, -0.2) is 4.39 Å². The maximum absolute atomic E-state index is 14.7. The molecule has 1 saturated carbocycles. The van der Waals surface area contributed by atoms with Gasteiger partial charge < -0.3 is 10.2 Å². The maximum Gasteiger partial charge on any atom is 0.243 e. The largest absolute Gasteiger partial charge is 0.352 e. The average molecular weight is 507 g/mol. The van der Waals surface area contributed by atoms with E-state index >= 15 is 0 Å². The maximum atomic E-state index is 14.7. The van der Waals surface area contributed by atoms with Gasteiger partial charge in [0.05, 0.1) is 6.42 Å². The molecule has 36 heavy (non-hydrogen) atoms. The second-order valence-electron chi connectivity index (χ2n) is 9.47. The van der Waals surface area contributed by atoms with Gasteiger partial charge in [0.25, 0.3) is 0 Å². The molecule has 3 aromatic rings. The highest BCUT2D eigenvalue weighted by atomic mass is 35.5. The lowest BCUT2D eigenvalue weighted by molar-refractivity contribution is -0.141. The van der Waals surface area contributed by atoms with E-state index in [2.05, 4.69) is 5.32 Å². The van der Waals surface area contributed by atoms with Crippen LogP contribution in [0.25, 0.3) is 0 Å².